The molecule has 0 amide bonds. The molecule has 0 aliphatic carbocycles. The number of rotatable bonds is 8. The van der Waals surface area contributed by atoms with Crippen LogP contribution in [0.3, 0.4) is 0 Å². The minimum absolute atomic E-state index is 0.229. The fourth-order valence-corrected chi connectivity index (χ4v) is 2.63. The van der Waals surface area contributed by atoms with E-state index in [9.17, 15) is 14.7 Å². The Bertz CT molecular complexity index is 749. The summed E-state index contributed by atoms with van der Waals surface area (Å²) in [7, 11) is 0. The summed E-state index contributed by atoms with van der Waals surface area (Å²) < 4.78 is 0. The summed E-state index contributed by atoms with van der Waals surface area (Å²) in [6, 6.07) is 14.3. The molecule has 1 atom stereocenters. The highest BCUT2D eigenvalue weighted by atomic mass is 16.4. The van der Waals surface area contributed by atoms with Crippen molar-refractivity contribution >= 4 is 11.9 Å². The van der Waals surface area contributed by atoms with Gasteiger partial charge in [-0.15, -0.1) is 6.58 Å². The van der Waals surface area contributed by atoms with E-state index in [-0.39, 0.29) is 5.56 Å². The second-order valence-corrected chi connectivity index (χ2v) is 5.69. The van der Waals surface area contributed by atoms with E-state index in [0.29, 0.717) is 19.3 Å². The van der Waals surface area contributed by atoms with E-state index in [2.05, 4.69) is 6.58 Å². The molecule has 24 heavy (non-hydrogen) atoms. The van der Waals surface area contributed by atoms with E-state index >= 15 is 0 Å². The number of allylic oxidation sites excluding steroid dienone is 1. The van der Waals surface area contributed by atoms with Crippen molar-refractivity contribution in [1.29, 1.82) is 0 Å². The third kappa shape index (κ3) is 4.56. The van der Waals surface area contributed by atoms with E-state index in [1.165, 1.54) is 0 Å². The van der Waals surface area contributed by atoms with Gasteiger partial charge in [0.25, 0.3) is 0 Å². The topological polar surface area (TPSA) is 74.6 Å². The predicted octanol–water partition coefficient (Wildman–Crippen LogP) is 4.26. The van der Waals surface area contributed by atoms with E-state index in [4.69, 9.17) is 5.11 Å². The smallest absolute Gasteiger partial charge is 0.335 e. The lowest BCUT2D eigenvalue weighted by atomic mass is 9.92. The molecular weight excluding hydrogens is 304 g/mol. The van der Waals surface area contributed by atoms with Crippen LogP contribution in [0.1, 0.15) is 28.8 Å². The quantitative estimate of drug-likeness (QED) is 0.711. The largest absolute Gasteiger partial charge is 0.481 e. The zero-order chi connectivity index (χ0) is 17.5. The van der Waals surface area contributed by atoms with Crippen LogP contribution in [0, 0.1) is 5.92 Å². The zero-order valence-corrected chi connectivity index (χ0v) is 13.3. The van der Waals surface area contributed by atoms with Crippen molar-refractivity contribution in [1.82, 2.24) is 0 Å². The fourth-order valence-electron chi connectivity index (χ4n) is 2.63. The molecule has 0 aliphatic heterocycles. The summed E-state index contributed by atoms with van der Waals surface area (Å²) in [5.41, 5.74) is 2.83. The number of hydrogen-bond acceptors (Lipinski definition) is 2. The minimum Gasteiger partial charge on any atom is -0.481 e. The molecular formula is C20H20O4. The third-order valence-electron chi connectivity index (χ3n) is 3.92. The summed E-state index contributed by atoms with van der Waals surface area (Å²) in [5.74, 6) is -2.23. The van der Waals surface area contributed by atoms with Gasteiger partial charge in [-0.25, -0.2) is 4.79 Å². The molecule has 0 aliphatic rings. The first-order valence-corrected chi connectivity index (χ1v) is 7.77. The Hall–Kier alpha value is -2.88. The standard InChI is InChI=1S/C20H20O4/c1-2-3-7-17(19(21)22)12-14-6-4-8-15(11-14)16-9-5-10-18(13-16)20(23)24/h2,4-6,8-11,13,17H,1,3,7,12H2,(H,21,22)(H,23,24)/t17-/m0/s1. The Morgan fingerprint density at radius 1 is 1.04 bits per heavy atom. The summed E-state index contributed by atoms with van der Waals surface area (Å²) in [6.07, 6.45) is 3.38. The molecule has 2 rings (SSSR count). The monoisotopic (exact) mass is 324 g/mol. The molecule has 0 unspecified atom stereocenters. The molecule has 124 valence electrons. The highest BCUT2D eigenvalue weighted by Crippen LogP contribution is 2.24. The second-order valence-electron chi connectivity index (χ2n) is 5.69. The van der Waals surface area contributed by atoms with Crippen LogP contribution in [0.2, 0.25) is 0 Å². The number of benzene rings is 2. The molecule has 0 heterocycles. The molecule has 0 spiro atoms. The molecule has 0 fully saturated rings. The maximum atomic E-state index is 11.4. The highest BCUT2D eigenvalue weighted by molar-refractivity contribution is 5.89. The number of aromatic carboxylic acids is 1. The third-order valence-corrected chi connectivity index (χ3v) is 3.92. The zero-order valence-electron chi connectivity index (χ0n) is 13.3. The van der Waals surface area contributed by atoms with Crippen molar-refractivity contribution in [2.24, 2.45) is 5.92 Å². The molecule has 2 aromatic rings. The Kier molecular flexibility index (Phi) is 5.90. The predicted molar refractivity (Wildman–Crippen MR) is 93.1 cm³/mol. The van der Waals surface area contributed by atoms with Crippen LogP contribution in [0.15, 0.2) is 61.2 Å². The van der Waals surface area contributed by atoms with Gasteiger partial charge in [-0.1, -0.05) is 42.5 Å². The van der Waals surface area contributed by atoms with E-state index in [1.807, 2.05) is 30.3 Å². The highest BCUT2D eigenvalue weighted by Gasteiger charge is 2.17. The van der Waals surface area contributed by atoms with Gasteiger partial charge in [0.1, 0.15) is 0 Å². The molecule has 0 bridgehead atoms. The lowest BCUT2D eigenvalue weighted by Gasteiger charge is -2.12. The SMILES string of the molecule is C=CCC[C@@H](Cc1cccc(-c2cccc(C(=O)O)c2)c1)C(=O)O. The van der Waals surface area contributed by atoms with Crippen LogP contribution in [0.4, 0.5) is 0 Å². The van der Waals surface area contributed by atoms with Crippen molar-refractivity contribution in [3.8, 4) is 11.1 Å². The molecule has 0 radical (unpaired) electrons. The summed E-state index contributed by atoms with van der Waals surface area (Å²) >= 11 is 0. The van der Waals surface area contributed by atoms with Crippen LogP contribution >= 0.6 is 0 Å². The molecule has 2 N–H and O–H groups in total. The summed E-state index contributed by atoms with van der Waals surface area (Å²) in [4.78, 5) is 22.5. The van der Waals surface area contributed by atoms with Gasteiger partial charge in [0.2, 0.25) is 0 Å². The Balaban J connectivity index is 2.25. The number of carboxylic acids is 2. The average Bonchev–Trinajstić information content (AvgIpc) is 2.58. The van der Waals surface area contributed by atoms with Gasteiger partial charge >= 0.3 is 11.9 Å². The number of hydrogen-bond donors (Lipinski definition) is 2. The lowest BCUT2D eigenvalue weighted by Crippen LogP contribution is -2.16. The molecule has 0 saturated carbocycles. The maximum Gasteiger partial charge on any atom is 0.335 e. The second kappa shape index (κ2) is 8.11. The maximum absolute atomic E-state index is 11.4. The van der Waals surface area contributed by atoms with Crippen LogP contribution in [-0.2, 0) is 11.2 Å². The van der Waals surface area contributed by atoms with Gasteiger partial charge in [-0.2, -0.15) is 0 Å². The lowest BCUT2D eigenvalue weighted by molar-refractivity contribution is -0.141. The molecule has 4 heteroatoms. The van der Waals surface area contributed by atoms with Crippen molar-refractivity contribution in [3.63, 3.8) is 0 Å². The Labute approximate surface area is 141 Å². The average molecular weight is 324 g/mol. The van der Waals surface area contributed by atoms with Crippen LogP contribution in [0.25, 0.3) is 11.1 Å². The minimum atomic E-state index is -0.969. The van der Waals surface area contributed by atoms with Crippen molar-refractivity contribution in [2.75, 3.05) is 0 Å². The van der Waals surface area contributed by atoms with Crippen LogP contribution in [-0.4, -0.2) is 22.2 Å². The Morgan fingerprint density at radius 3 is 2.33 bits per heavy atom. The van der Waals surface area contributed by atoms with Gasteiger partial charge in [0.15, 0.2) is 0 Å². The number of carboxylic acid groups (broad SMARTS) is 2. The normalized spacial score (nSPS) is 11.7. The first-order valence-electron chi connectivity index (χ1n) is 7.77. The number of aliphatic carboxylic acids is 1. The van der Waals surface area contributed by atoms with Crippen molar-refractivity contribution in [3.05, 3.63) is 72.3 Å². The van der Waals surface area contributed by atoms with Crippen molar-refractivity contribution < 1.29 is 19.8 Å². The molecule has 0 saturated heterocycles. The Morgan fingerprint density at radius 2 is 1.71 bits per heavy atom. The molecule has 4 nitrogen and oxygen atoms in total. The first-order chi connectivity index (χ1) is 11.5. The van der Waals surface area contributed by atoms with Crippen LogP contribution in [0.5, 0.6) is 0 Å². The van der Waals surface area contributed by atoms with Gasteiger partial charge in [-0.05, 0) is 48.1 Å². The summed E-state index contributed by atoms with van der Waals surface area (Å²) in [5, 5.41) is 18.4. The number of carbonyl (C=O) groups is 2. The fraction of sp³-hybridized carbons (Fsp3) is 0.200. The summed E-state index contributed by atoms with van der Waals surface area (Å²) in [6.45, 7) is 3.63. The first kappa shape index (κ1) is 17.5. The van der Waals surface area contributed by atoms with Gasteiger partial charge in [0, 0.05) is 0 Å². The van der Waals surface area contributed by atoms with Gasteiger partial charge in [0.05, 0.1) is 11.5 Å². The van der Waals surface area contributed by atoms with E-state index < -0.39 is 17.9 Å². The van der Waals surface area contributed by atoms with Crippen LogP contribution < -0.4 is 0 Å². The molecule has 2 aromatic carbocycles. The van der Waals surface area contributed by atoms with Gasteiger partial charge in [-0.3, -0.25) is 4.79 Å². The van der Waals surface area contributed by atoms with Crippen molar-refractivity contribution in [2.45, 2.75) is 19.3 Å². The molecule has 0 aromatic heterocycles. The van der Waals surface area contributed by atoms with E-state index in [1.54, 1.807) is 24.3 Å². The van der Waals surface area contributed by atoms with Gasteiger partial charge < -0.3 is 10.2 Å². The van der Waals surface area contributed by atoms with E-state index in [0.717, 1.165) is 16.7 Å².